The van der Waals surface area contributed by atoms with Gasteiger partial charge in [0.1, 0.15) is 34.6 Å². The maximum Gasteiger partial charge on any atom is 0.147 e. The number of phenols is 2. The highest BCUT2D eigenvalue weighted by molar-refractivity contribution is 6.11. The number of nitrogens with zero attached hydrogens (tertiary/aromatic N) is 2. The molecule has 0 aliphatic rings. The third-order valence-electron chi connectivity index (χ3n) is 20.0. The van der Waals surface area contributed by atoms with Crippen LogP contribution in [0.25, 0.3) is 77.2 Å². The Bertz CT molecular complexity index is 4120. The second kappa shape index (κ2) is 24.8. The van der Waals surface area contributed by atoms with Crippen molar-refractivity contribution in [2.24, 2.45) is 22.7 Å². The van der Waals surface area contributed by atoms with E-state index >= 15 is 8.78 Å². The third kappa shape index (κ3) is 14.5. The van der Waals surface area contributed by atoms with Crippen molar-refractivity contribution >= 4 is 43.6 Å². The zero-order valence-corrected chi connectivity index (χ0v) is 61.8. The first-order chi connectivity index (χ1) is 43.8. The van der Waals surface area contributed by atoms with Gasteiger partial charge in [0.2, 0.25) is 0 Å². The van der Waals surface area contributed by atoms with Gasteiger partial charge in [0.25, 0.3) is 0 Å². The highest BCUT2D eigenvalue weighted by Gasteiger charge is 2.35. The summed E-state index contributed by atoms with van der Waals surface area (Å²) in [5.74, 6) is -0.199. The van der Waals surface area contributed by atoms with Gasteiger partial charge in [-0.1, -0.05) is 197 Å². The fraction of sp³-hybridized carbons (Fsp3) is 0.448. The summed E-state index contributed by atoms with van der Waals surface area (Å²) in [5, 5.41) is 30.8. The Kier molecular flexibility index (Phi) is 18.3. The van der Waals surface area contributed by atoms with E-state index in [1.165, 1.54) is 46.5 Å². The minimum Gasteiger partial charge on any atom is -0.505 e. The van der Waals surface area contributed by atoms with Gasteiger partial charge in [-0.3, -0.25) is 0 Å². The smallest absolute Gasteiger partial charge is 0.147 e. The number of fused-ring (bicyclic) bond motifs is 6. The SMILES string of the molecule is CCC(C)C(COc1ccc(F)cc1-c1cc(C(C)(C)CC(C)(C)C)cc(-n2c3ccc(C(C)(C)C)cc3c3cc(C(C)(C)C)ccc32)c1O)COc1ccc(F)cc1-c1cc(C(C)(C)CC(C)(C)C)cc(-n2c3ccc(C(C)(C)C)cc3c3cc(C(C)(C)C)ccc32)c1O. The molecule has 1 unspecified atom stereocenters. The Hall–Kier alpha value is -7.58. The van der Waals surface area contributed by atoms with E-state index in [0.717, 1.165) is 74.0 Å². The fourth-order valence-corrected chi connectivity index (χ4v) is 14.8. The van der Waals surface area contributed by atoms with Crippen molar-refractivity contribution < 1.29 is 28.5 Å². The summed E-state index contributed by atoms with van der Waals surface area (Å²) in [7, 11) is 0. The topological polar surface area (TPSA) is 68.8 Å². The largest absolute Gasteiger partial charge is 0.505 e. The fourth-order valence-electron chi connectivity index (χ4n) is 14.8. The molecule has 10 aromatic rings. The zero-order chi connectivity index (χ0) is 69.8. The third-order valence-corrected chi connectivity index (χ3v) is 20.0. The van der Waals surface area contributed by atoms with Crippen LogP contribution >= 0.6 is 0 Å². The average molecular weight is 1280 g/mol. The van der Waals surface area contributed by atoms with Crippen LogP contribution in [0.2, 0.25) is 0 Å². The van der Waals surface area contributed by atoms with E-state index in [2.05, 4.69) is 260 Å². The van der Waals surface area contributed by atoms with Crippen LogP contribution in [-0.2, 0) is 32.5 Å². The van der Waals surface area contributed by atoms with Crippen LogP contribution in [-0.4, -0.2) is 32.6 Å². The van der Waals surface area contributed by atoms with E-state index < -0.39 is 11.6 Å². The molecule has 95 heavy (non-hydrogen) atoms. The van der Waals surface area contributed by atoms with Gasteiger partial charge in [-0.25, -0.2) is 8.78 Å². The molecule has 6 nitrogen and oxygen atoms in total. The molecule has 2 heterocycles. The number of aromatic hydroxyl groups is 2. The van der Waals surface area contributed by atoms with Crippen LogP contribution in [0.4, 0.5) is 8.78 Å². The van der Waals surface area contributed by atoms with Crippen molar-refractivity contribution in [3.05, 3.63) is 178 Å². The predicted octanol–water partition coefficient (Wildman–Crippen LogP) is 24.6. The zero-order valence-electron chi connectivity index (χ0n) is 61.8. The minimum atomic E-state index is -0.459. The van der Waals surface area contributed by atoms with Crippen LogP contribution in [0.3, 0.4) is 0 Å². The van der Waals surface area contributed by atoms with E-state index in [1.807, 2.05) is 12.1 Å². The molecule has 0 aliphatic carbocycles. The molecule has 0 fully saturated rings. The van der Waals surface area contributed by atoms with E-state index in [4.69, 9.17) is 9.47 Å². The number of benzene rings is 8. The molecule has 0 radical (unpaired) electrons. The Balaban J connectivity index is 1.08. The number of phenolic OH excluding ortho intramolecular Hbond substituents is 2. The number of ether oxygens (including phenoxy) is 2. The second-order valence-corrected chi connectivity index (χ2v) is 35.7. The predicted molar refractivity (Wildman–Crippen MR) is 399 cm³/mol. The molecule has 8 heteroatoms. The van der Waals surface area contributed by atoms with Crippen LogP contribution in [0.5, 0.6) is 23.0 Å². The van der Waals surface area contributed by atoms with Gasteiger partial charge in [0.15, 0.2) is 0 Å². The second-order valence-electron chi connectivity index (χ2n) is 35.7. The quantitative estimate of drug-likeness (QED) is 0.101. The van der Waals surface area contributed by atoms with Crippen molar-refractivity contribution in [2.75, 3.05) is 13.2 Å². The summed E-state index contributed by atoms with van der Waals surface area (Å²) in [6.07, 6.45) is 2.47. The lowest BCUT2D eigenvalue weighted by Crippen LogP contribution is -2.26. The molecule has 10 rings (SSSR count). The molecular weight excluding hydrogens is 1170 g/mol. The lowest BCUT2D eigenvalue weighted by atomic mass is 9.71. The molecule has 2 aromatic heterocycles. The lowest BCUT2D eigenvalue weighted by molar-refractivity contribution is 0.134. The van der Waals surface area contributed by atoms with Gasteiger partial charge in [-0.15, -0.1) is 0 Å². The molecule has 504 valence electrons. The normalized spacial score (nSPS) is 13.7. The van der Waals surface area contributed by atoms with Crippen molar-refractivity contribution in [1.82, 2.24) is 9.13 Å². The molecule has 0 amide bonds. The number of hydrogen-bond donors (Lipinski definition) is 2. The standard InChI is InChI=1S/C87H108F2N2O4/c1-25-52(2)53(48-94-76-36-30-60(88)46-66(76)68-42-58(86(21,22)50-80(3,4)5)44-74(78(68)92)90-70-32-26-54(82(9,10)11)38-62(70)63-39-55(83(12,13)14)27-33-71(63)90)49-95-77-37-31-61(89)47-67(77)69-43-59(87(23,24)51-81(6,7)8)45-75(79(69)93)91-72-34-28-56(84(15,16)17)40-64(72)65-41-57(85(18,19)20)29-35-73(65)91/h26-47,52-53,92-93H,25,48-51H2,1-24H3. The van der Waals surface area contributed by atoms with Crippen molar-refractivity contribution in [3.8, 4) is 56.6 Å². The van der Waals surface area contributed by atoms with E-state index in [-0.39, 0.29) is 79.9 Å². The molecule has 0 saturated carbocycles. The molecule has 0 spiro atoms. The van der Waals surface area contributed by atoms with Gasteiger partial charge >= 0.3 is 0 Å². The van der Waals surface area contributed by atoms with Gasteiger partial charge < -0.3 is 28.8 Å². The molecule has 1 atom stereocenters. The Labute approximate surface area is 567 Å². The first-order valence-electron chi connectivity index (χ1n) is 34.6. The minimum absolute atomic E-state index is 0.0137. The van der Waals surface area contributed by atoms with Gasteiger partial charge in [0.05, 0.1) is 46.7 Å². The van der Waals surface area contributed by atoms with Crippen LogP contribution in [0.15, 0.2) is 133 Å². The molecule has 0 saturated heterocycles. The van der Waals surface area contributed by atoms with Crippen molar-refractivity contribution in [3.63, 3.8) is 0 Å². The molecular formula is C87H108F2N2O4. The number of halogens is 2. The van der Waals surface area contributed by atoms with Crippen LogP contribution in [0.1, 0.15) is 219 Å². The first-order valence-corrected chi connectivity index (χ1v) is 34.6. The maximum absolute atomic E-state index is 16.2. The highest BCUT2D eigenvalue weighted by Crippen LogP contribution is 2.51. The summed E-state index contributed by atoms with van der Waals surface area (Å²) < 4.78 is 50.8. The lowest BCUT2D eigenvalue weighted by Gasteiger charge is -2.34. The molecule has 2 N–H and O–H groups in total. The van der Waals surface area contributed by atoms with E-state index in [1.54, 1.807) is 12.1 Å². The number of rotatable bonds is 16. The van der Waals surface area contributed by atoms with Crippen molar-refractivity contribution in [2.45, 2.75) is 218 Å². The average Bonchev–Trinajstić information content (AvgIpc) is 1.61. The first kappa shape index (κ1) is 70.2. The summed E-state index contributed by atoms with van der Waals surface area (Å²) in [5.41, 5.74) is 12.4. The Morgan fingerprint density at radius 1 is 0.368 bits per heavy atom. The van der Waals surface area contributed by atoms with Crippen LogP contribution < -0.4 is 9.47 Å². The summed E-state index contributed by atoms with van der Waals surface area (Å²) >= 11 is 0. The van der Waals surface area contributed by atoms with Gasteiger partial charge in [-0.05, 0) is 205 Å². The van der Waals surface area contributed by atoms with E-state index in [0.29, 0.717) is 45.1 Å². The van der Waals surface area contributed by atoms with E-state index in [9.17, 15) is 10.2 Å². The monoisotopic (exact) mass is 1280 g/mol. The van der Waals surface area contributed by atoms with Gasteiger partial charge in [-0.2, -0.15) is 0 Å². The molecule has 8 aromatic carbocycles. The molecule has 0 aliphatic heterocycles. The highest BCUT2D eigenvalue weighted by atomic mass is 19.1. The van der Waals surface area contributed by atoms with Crippen LogP contribution in [0, 0.1) is 34.3 Å². The van der Waals surface area contributed by atoms with Gasteiger partial charge in [0, 0.05) is 49.7 Å². The summed E-state index contributed by atoms with van der Waals surface area (Å²) in [6.45, 7) is 54.0. The molecule has 0 bridgehead atoms. The summed E-state index contributed by atoms with van der Waals surface area (Å²) in [4.78, 5) is 0. The number of aromatic nitrogens is 2. The summed E-state index contributed by atoms with van der Waals surface area (Å²) in [6, 6.07) is 44.3. The maximum atomic E-state index is 16.2. The Morgan fingerprint density at radius 2 is 0.663 bits per heavy atom. The Morgan fingerprint density at radius 3 is 0.926 bits per heavy atom. The van der Waals surface area contributed by atoms with Crippen molar-refractivity contribution in [1.29, 1.82) is 0 Å². The number of hydrogen-bond acceptors (Lipinski definition) is 4.